The fourth-order valence-electron chi connectivity index (χ4n) is 0.991. The van der Waals surface area contributed by atoms with Crippen molar-refractivity contribution in [3.63, 3.8) is 0 Å². The van der Waals surface area contributed by atoms with Crippen molar-refractivity contribution in [3.05, 3.63) is 23.9 Å². The van der Waals surface area contributed by atoms with Gasteiger partial charge in [-0.2, -0.15) is 0 Å². The number of pyridine rings is 1. The van der Waals surface area contributed by atoms with E-state index in [0.29, 0.717) is 5.82 Å². The summed E-state index contributed by atoms with van der Waals surface area (Å²) in [6.07, 6.45) is 1.68. The lowest BCUT2D eigenvalue weighted by Crippen LogP contribution is -2.48. The van der Waals surface area contributed by atoms with E-state index in [-0.39, 0.29) is 5.91 Å². The Balaban J connectivity index is 2.75. The number of nitrogens with one attached hydrogen (secondary N) is 2. The first kappa shape index (κ1) is 11.7. The van der Waals surface area contributed by atoms with Gasteiger partial charge in [-0.05, 0) is 45.5 Å². The van der Waals surface area contributed by atoms with E-state index in [0.717, 1.165) is 5.56 Å². The molecule has 0 atom stereocenters. The minimum absolute atomic E-state index is 0.0944. The van der Waals surface area contributed by atoms with Gasteiger partial charge >= 0.3 is 0 Å². The van der Waals surface area contributed by atoms with Crippen molar-refractivity contribution in [2.24, 2.45) is 0 Å². The zero-order chi connectivity index (χ0) is 11.5. The van der Waals surface area contributed by atoms with Crippen LogP contribution in [-0.4, -0.2) is 23.5 Å². The summed E-state index contributed by atoms with van der Waals surface area (Å²) in [4.78, 5) is 15.8. The van der Waals surface area contributed by atoms with E-state index in [1.165, 1.54) is 0 Å². The van der Waals surface area contributed by atoms with Gasteiger partial charge in [0.2, 0.25) is 5.91 Å². The molecule has 0 spiro atoms. The van der Waals surface area contributed by atoms with Gasteiger partial charge in [0, 0.05) is 6.20 Å². The maximum absolute atomic E-state index is 11.8. The third-order valence-corrected chi connectivity index (χ3v) is 2.35. The van der Waals surface area contributed by atoms with Crippen molar-refractivity contribution in [1.82, 2.24) is 10.3 Å². The van der Waals surface area contributed by atoms with Crippen LogP contribution in [0, 0.1) is 6.92 Å². The molecule has 4 nitrogen and oxygen atoms in total. The molecule has 15 heavy (non-hydrogen) atoms. The van der Waals surface area contributed by atoms with Crippen molar-refractivity contribution >= 4 is 11.7 Å². The third-order valence-electron chi connectivity index (χ3n) is 2.35. The Hall–Kier alpha value is -1.42. The van der Waals surface area contributed by atoms with Crippen LogP contribution >= 0.6 is 0 Å². The zero-order valence-corrected chi connectivity index (χ0v) is 9.59. The summed E-state index contributed by atoms with van der Waals surface area (Å²) in [5.41, 5.74) is 0.480. The number of aryl methyl sites for hydroxylation is 1. The first-order valence-electron chi connectivity index (χ1n) is 4.89. The molecule has 1 heterocycles. The Morgan fingerprint density at radius 1 is 1.47 bits per heavy atom. The third kappa shape index (κ3) is 3.02. The normalized spacial score (nSPS) is 11.2. The standard InChI is InChI=1S/C11H17N3O/c1-8-5-6-13-9(7-8)14-10(15)11(2,3)12-4/h5-7,12H,1-4H3,(H,13,14,15). The van der Waals surface area contributed by atoms with Crippen LogP contribution in [0.15, 0.2) is 18.3 Å². The molecule has 0 saturated carbocycles. The number of nitrogens with zero attached hydrogens (tertiary/aromatic N) is 1. The van der Waals surface area contributed by atoms with Gasteiger partial charge in [0.25, 0.3) is 0 Å². The van der Waals surface area contributed by atoms with Crippen LogP contribution in [0.25, 0.3) is 0 Å². The van der Waals surface area contributed by atoms with Crippen molar-refractivity contribution in [3.8, 4) is 0 Å². The van der Waals surface area contributed by atoms with E-state index in [1.807, 2.05) is 32.9 Å². The SMILES string of the molecule is CNC(C)(C)C(=O)Nc1cc(C)ccn1. The molecule has 0 aliphatic carbocycles. The average molecular weight is 207 g/mol. The number of amides is 1. The van der Waals surface area contributed by atoms with Crippen LogP contribution in [0.3, 0.4) is 0 Å². The second kappa shape index (κ2) is 4.40. The van der Waals surface area contributed by atoms with Crippen LogP contribution in [0.4, 0.5) is 5.82 Å². The van der Waals surface area contributed by atoms with Gasteiger partial charge in [-0.1, -0.05) is 0 Å². The number of carbonyl (C=O) groups is 1. The predicted molar refractivity (Wildman–Crippen MR) is 60.7 cm³/mol. The summed E-state index contributed by atoms with van der Waals surface area (Å²) in [6, 6.07) is 3.72. The lowest BCUT2D eigenvalue weighted by atomic mass is 10.1. The summed E-state index contributed by atoms with van der Waals surface area (Å²) < 4.78 is 0. The number of carbonyl (C=O) groups excluding carboxylic acids is 1. The van der Waals surface area contributed by atoms with Crippen LogP contribution in [0.5, 0.6) is 0 Å². The Morgan fingerprint density at radius 2 is 2.13 bits per heavy atom. The number of hydrogen-bond donors (Lipinski definition) is 2. The quantitative estimate of drug-likeness (QED) is 0.786. The van der Waals surface area contributed by atoms with Crippen molar-refractivity contribution in [1.29, 1.82) is 0 Å². The summed E-state index contributed by atoms with van der Waals surface area (Å²) in [5.74, 6) is 0.492. The van der Waals surface area contributed by atoms with E-state index >= 15 is 0 Å². The minimum atomic E-state index is -0.592. The van der Waals surface area contributed by atoms with E-state index < -0.39 is 5.54 Å². The topological polar surface area (TPSA) is 54.0 Å². The van der Waals surface area contributed by atoms with E-state index in [1.54, 1.807) is 13.2 Å². The molecule has 0 fully saturated rings. The maximum atomic E-state index is 11.8. The molecule has 2 N–H and O–H groups in total. The largest absolute Gasteiger partial charge is 0.309 e. The second-order valence-electron chi connectivity index (χ2n) is 4.05. The molecule has 1 amide bonds. The molecular weight excluding hydrogens is 190 g/mol. The molecule has 4 heteroatoms. The van der Waals surface area contributed by atoms with Gasteiger partial charge in [0.15, 0.2) is 0 Å². The lowest BCUT2D eigenvalue weighted by Gasteiger charge is -2.22. The molecule has 82 valence electrons. The highest BCUT2D eigenvalue weighted by Gasteiger charge is 2.25. The lowest BCUT2D eigenvalue weighted by molar-refractivity contribution is -0.121. The van der Waals surface area contributed by atoms with Gasteiger partial charge in [0.1, 0.15) is 5.82 Å². The molecule has 1 aromatic heterocycles. The Labute approximate surface area is 90.1 Å². The van der Waals surface area contributed by atoms with Gasteiger partial charge in [0.05, 0.1) is 5.54 Å². The van der Waals surface area contributed by atoms with Crippen LogP contribution < -0.4 is 10.6 Å². The monoisotopic (exact) mass is 207 g/mol. The molecular formula is C11H17N3O. The Morgan fingerprint density at radius 3 is 2.67 bits per heavy atom. The van der Waals surface area contributed by atoms with E-state index in [2.05, 4.69) is 15.6 Å². The van der Waals surface area contributed by atoms with Crippen molar-refractivity contribution in [2.75, 3.05) is 12.4 Å². The van der Waals surface area contributed by atoms with Crippen LogP contribution in [-0.2, 0) is 4.79 Å². The number of hydrogen-bond acceptors (Lipinski definition) is 3. The molecule has 0 aliphatic heterocycles. The summed E-state index contributed by atoms with van der Waals surface area (Å²) in [5, 5.41) is 5.70. The molecule has 0 radical (unpaired) electrons. The maximum Gasteiger partial charge on any atom is 0.245 e. The number of likely N-dealkylation sites (N-methyl/N-ethyl adjacent to an activating group) is 1. The smallest absolute Gasteiger partial charge is 0.245 e. The van der Waals surface area contributed by atoms with Crippen molar-refractivity contribution < 1.29 is 4.79 Å². The number of rotatable bonds is 3. The summed E-state index contributed by atoms with van der Waals surface area (Å²) in [6.45, 7) is 5.59. The van der Waals surface area contributed by atoms with Crippen LogP contribution in [0.2, 0.25) is 0 Å². The minimum Gasteiger partial charge on any atom is -0.309 e. The van der Waals surface area contributed by atoms with Crippen LogP contribution in [0.1, 0.15) is 19.4 Å². The van der Waals surface area contributed by atoms with E-state index in [9.17, 15) is 4.79 Å². The average Bonchev–Trinajstić information content (AvgIpc) is 2.17. The molecule has 0 unspecified atom stereocenters. The molecule has 0 aromatic carbocycles. The first-order valence-corrected chi connectivity index (χ1v) is 4.89. The first-order chi connectivity index (χ1) is 6.95. The molecule has 0 aliphatic rings. The summed E-state index contributed by atoms with van der Waals surface area (Å²) in [7, 11) is 1.75. The fourth-order valence-corrected chi connectivity index (χ4v) is 0.991. The molecule has 1 rings (SSSR count). The van der Waals surface area contributed by atoms with Gasteiger partial charge in [-0.3, -0.25) is 4.79 Å². The Bertz CT molecular complexity index is 361. The second-order valence-corrected chi connectivity index (χ2v) is 4.05. The molecule has 0 bridgehead atoms. The van der Waals surface area contributed by atoms with Gasteiger partial charge in [-0.25, -0.2) is 4.98 Å². The molecule has 1 aromatic rings. The summed E-state index contributed by atoms with van der Waals surface area (Å²) >= 11 is 0. The molecule has 0 saturated heterocycles. The van der Waals surface area contributed by atoms with E-state index in [4.69, 9.17) is 0 Å². The zero-order valence-electron chi connectivity index (χ0n) is 9.59. The van der Waals surface area contributed by atoms with Crippen molar-refractivity contribution in [2.45, 2.75) is 26.3 Å². The number of aromatic nitrogens is 1. The highest BCUT2D eigenvalue weighted by atomic mass is 16.2. The highest BCUT2D eigenvalue weighted by molar-refractivity contribution is 5.96. The fraction of sp³-hybridized carbons (Fsp3) is 0.455. The van der Waals surface area contributed by atoms with Gasteiger partial charge < -0.3 is 10.6 Å². The highest BCUT2D eigenvalue weighted by Crippen LogP contribution is 2.09. The van der Waals surface area contributed by atoms with Gasteiger partial charge in [-0.15, -0.1) is 0 Å². The number of anilines is 1. The predicted octanol–water partition coefficient (Wildman–Crippen LogP) is 1.33. The Kier molecular flexibility index (Phi) is 3.42.